The fourth-order valence-electron chi connectivity index (χ4n) is 2.88. The van der Waals surface area contributed by atoms with Crippen molar-refractivity contribution in [2.75, 3.05) is 18.0 Å². The summed E-state index contributed by atoms with van der Waals surface area (Å²) >= 11 is 5.84. The number of halogens is 2. The molecule has 0 aliphatic carbocycles. The molecule has 23 heavy (non-hydrogen) atoms. The molecule has 0 spiro atoms. The number of para-hydroxylation sites is 1. The quantitative estimate of drug-likeness (QED) is 0.928. The highest BCUT2D eigenvalue weighted by atomic mass is 35.5. The van der Waals surface area contributed by atoms with Crippen molar-refractivity contribution in [2.24, 2.45) is 0 Å². The lowest BCUT2D eigenvalue weighted by Crippen LogP contribution is -2.40. The van der Waals surface area contributed by atoms with Gasteiger partial charge in [-0.15, -0.1) is 0 Å². The Bertz CT molecular complexity index is 703. The number of fused-ring (bicyclic) bond motifs is 1. The molecule has 2 aromatic carbocycles. The van der Waals surface area contributed by atoms with E-state index >= 15 is 0 Å². The molecule has 3 rings (SSSR count). The number of aryl methyl sites for hydroxylation is 1. The van der Waals surface area contributed by atoms with E-state index in [-0.39, 0.29) is 18.3 Å². The third-order valence-corrected chi connectivity index (χ3v) is 4.25. The van der Waals surface area contributed by atoms with Crippen molar-refractivity contribution in [3.63, 3.8) is 0 Å². The Morgan fingerprint density at radius 1 is 1.22 bits per heavy atom. The Morgan fingerprint density at radius 3 is 2.78 bits per heavy atom. The van der Waals surface area contributed by atoms with Gasteiger partial charge in [0.1, 0.15) is 5.82 Å². The second-order valence-corrected chi connectivity index (χ2v) is 6.11. The number of nitrogens with one attached hydrogen (secondary N) is 1. The van der Waals surface area contributed by atoms with Crippen LogP contribution in [0.25, 0.3) is 0 Å². The van der Waals surface area contributed by atoms with E-state index in [1.54, 1.807) is 18.2 Å². The zero-order chi connectivity index (χ0) is 16.2. The summed E-state index contributed by atoms with van der Waals surface area (Å²) in [5, 5.41) is 3.54. The fraction of sp³-hybridized carbons (Fsp3) is 0.278. The second kappa shape index (κ2) is 7.01. The molecule has 120 valence electrons. The van der Waals surface area contributed by atoms with Gasteiger partial charge >= 0.3 is 0 Å². The van der Waals surface area contributed by atoms with Crippen LogP contribution >= 0.6 is 11.6 Å². The SMILES string of the molecule is O=C(CN1CCCc2cccc(F)c21)NCc1ccc(Cl)cc1. The van der Waals surface area contributed by atoms with Crippen molar-refractivity contribution in [2.45, 2.75) is 19.4 Å². The van der Waals surface area contributed by atoms with Gasteiger partial charge in [-0.25, -0.2) is 4.39 Å². The van der Waals surface area contributed by atoms with Crippen LogP contribution in [0.2, 0.25) is 5.02 Å². The molecule has 0 radical (unpaired) electrons. The first kappa shape index (κ1) is 15.8. The van der Waals surface area contributed by atoms with Crippen LogP contribution in [0.3, 0.4) is 0 Å². The Morgan fingerprint density at radius 2 is 2.00 bits per heavy atom. The summed E-state index contributed by atoms with van der Waals surface area (Å²) in [5.74, 6) is -0.372. The van der Waals surface area contributed by atoms with Crippen LogP contribution in [0.5, 0.6) is 0 Å². The van der Waals surface area contributed by atoms with Crippen molar-refractivity contribution >= 4 is 23.2 Å². The van der Waals surface area contributed by atoms with E-state index in [2.05, 4.69) is 5.32 Å². The summed E-state index contributed by atoms with van der Waals surface area (Å²) < 4.78 is 14.1. The van der Waals surface area contributed by atoms with Crippen molar-refractivity contribution < 1.29 is 9.18 Å². The van der Waals surface area contributed by atoms with Gasteiger partial charge in [0.2, 0.25) is 5.91 Å². The molecular weight excluding hydrogens is 315 g/mol. The summed E-state index contributed by atoms with van der Waals surface area (Å²) in [6.45, 7) is 1.30. The van der Waals surface area contributed by atoms with Crippen molar-refractivity contribution in [3.8, 4) is 0 Å². The molecule has 0 saturated carbocycles. The maximum Gasteiger partial charge on any atom is 0.239 e. The first-order valence-corrected chi connectivity index (χ1v) is 8.05. The van der Waals surface area contributed by atoms with E-state index in [1.165, 1.54) is 6.07 Å². The minimum atomic E-state index is -0.257. The molecule has 0 atom stereocenters. The summed E-state index contributed by atoms with van der Waals surface area (Å²) in [5.41, 5.74) is 2.52. The van der Waals surface area contributed by atoms with Gasteiger partial charge in [-0.2, -0.15) is 0 Å². The Balaban J connectivity index is 1.62. The molecular formula is C18H18ClFN2O. The van der Waals surface area contributed by atoms with Gasteiger partial charge in [-0.05, 0) is 42.2 Å². The highest BCUT2D eigenvalue weighted by Crippen LogP contribution is 2.29. The molecule has 2 aromatic rings. The predicted octanol–water partition coefficient (Wildman–Crippen LogP) is 3.55. The Kier molecular flexibility index (Phi) is 4.82. The van der Waals surface area contributed by atoms with Crippen LogP contribution < -0.4 is 10.2 Å². The molecule has 3 nitrogen and oxygen atoms in total. The Labute approximate surface area is 140 Å². The van der Waals surface area contributed by atoms with Gasteiger partial charge in [0.05, 0.1) is 12.2 Å². The minimum absolute atomic E-state index is 0.115. The summed E-state index contributed by atoms with van der Waals surface area (Å²) in [7, 11) is 0. The average Bonchev–Trinajstić information content (AvgIpc) is 2.55. The zero-order valence-corrected chi connectivity index (χ0v) is 13.4. The third kappa shape index (κ3) is 3.82. The number of carbonyl (C=O) groups is 1. The van der Waals surface area contributed by atoms with Gasteiger partial charge in [-0.3, -0.25) is 4.79 Å². The van der Waals surface area contributed by atoms with Crippen LogP contribution in [0.1, 0.15) is 17.5 Å². The van der Waals surface area contributed by atoms with Gasteiger partial charge in [-0.1, -0.05) is 35.9 Å². The predicted molar refractivity (Wildman–Crippen MR) is 90.2 cm³/mol. The van der Waals surface area contributed by atoms with Gasteiger partial charge < -0.3 is 10.2 Å². The molecule has 1 heterocycles. The molecule has 0 fully saturated rings. The van der Waals surface area contributed by atoms with E-state index in [9.17, 15) is 9.18 Å². The van der Waals surface area contributed by atoms with E-state index in [0.29, 0.717) is 23.8 Å². The standard InChI is InChI=1S/C18H18ClFN2O/c19-15-8-6-13(7-9-15)11-21-17(23)12-22-10-2-4-14-3-1-5-16(20)18(14)22/h1,3,5-9H,2,4,10-12H2,(H,21,23). The molecule has 0 saturated heterocycles. The first-order valence-electron chi connectivity index (χ1n) is 7.67. The fourth-order valence-corrected chi connectivity index (χ4v) is 3.00. The maximum absolute atomic E-state index is 14.1. The molecule has 0 unspecified atom stereocenters. The lowest BCUT2D eigenvalue weighted by atomic mass is 10.0. The third-order valence-electron chi connectivity index (χ3n) is 4.00. The highest BCUT2D eigenvalue weighted by Gasteiger charge is 2.22. The molecule has 1 N–H and O–H groups in total. The molecule has 1 aliphatic rings. The van der Waals surface area contributed by atoms with E-state index in [1.807, 2.05) is 23.1 Å². The topological polar surface area (TPSA) is 32.3 Å². The number of amides is 1. The lowest BCUT2D eigenvalue weighted by molar-refractivity contribution is -0.119. The molecule has 0 aromatic heterocycles. The van der Waals surface area contributed by atoms with Crippen LogP contribution in [0.4, 0.5) is 10.1 Å². The van der Waals surface area contributed by atoms with E-state index < -0.39 is 0 Å². The van der Waals surface area contributed by atoms with Gasteiger partial charge in [0, 0.05) is 18.1 Å². The number of rotatable bonds is 4. The van der Waals surface area contributed by atoms with E-state index in [0.717, 1.165) is 24.0 Å². The van der Waals surface area contributed by atoms with E-state index in [4.69, 9.17) is 11.6 Å². The zero-order valence-electron chi connectivity index (χ0n) is 12.7. The monoisotopic (exact) mass is 332 g/mol. The number of anilines is 1. The lowest BCUT2D eigenvalue weighted by Gasteiger charge is -2.31. The highest BCUT2D eigenvalue weighted by molar-refractivity contribution is 6.30. The van der Waals surface area contributed by atoms with Crippen molar-refractivity contribution in [3.05, 3.63) is 64.4 Å². The first-order chi connectivity index (χ1) is 11.1. The summed E-state index contributed by atoms with van der Waals surface area (Å²) in [4.78, 5) is 14.0. The van der Waals surface area contributed by atoms with Crippen LogP contribution in [0, 0.1) is 5.82 Å². The van der Waals surface area contributed by atoms with Crippen LogP contribution in [-0.2, 0) is 17.8 Å². The number of hydrogen-bond donors (Lipinski definition) is 1. The Hall–Kier alpha value is -2.07. The minimum Gasteiger partial charge on any atom is -0.360 e. The number of nitrogens with zero attached hydrogens (tertiary/aromatic N) is 1. The summed E-state index contributed by atoms with van der Waals surface area (Å²) in [6.07, 6.45) is 1.79. The normalized spacial score (nSPS) is 13.6. The molecule has 1 amide bonds. The average molecular weight is 333 g/mol. The summed E-state index contributed by atoms with van der Waals surface area (Å²) in [6, 6.07) is 12.4. The largest absolute Gasteiger partial charge is 0.360 e. The molecule has 5 heteroatoms. The van der Waals surface area contributed by atoms with Crippen LogP contribution in [-0.4, -0.2) is 19.0 Å². The van der Waals surface area contributed by atoms with Gasteiger partial charge in [0.15, 0.2) is 0 Å². The number of carbonyl (C=O) groups excluding carboxylic acids is 1. The number of hydrogen-bond acceptors (Lipinski definition) is 2. The second-order valence-electron chi connectivity index (χ2n) is 5.68. The molecule has 1 aliphatic heterocycles. The maximum atomic E-state index is 14.1. The van der Waals surface area contributed by atoms with Crippen molar-refractivity contribution in [1.29, 1.82) is 0 Å². The number of benzene rings is 2. The molecule has 0 bridgehead atoms. The van der Waals surface area contributed by atoms with Crippen molar-refractivity contribution in [1.82, 2.24) is 5.32 Å². The smallest absolute Gasteiger partial charge is 0.239 e. The van der Waals surface area contributed by atoms with Crippen LogP contribution in [0.15, 0.2) is 42.5 Å². The van der Waals surface area contributed by atoms with Gasteiger partial charge in [0.25, 0.3) is 0 Å².